The number of alkyl halides is 2. The van der Waals surface area contributed by atoms with Crippen LogP contribution in [-0.2, 0) is 6.67 Å². The number of nitrogens with zero attached hydrogens (tertiary/aromatic N) is 4. The van der Waals surface area contributed by atoms with E-state index in [1.54, 1.807) is 0 Å². The number of halogens is 2. The Hall–Kier alpha value is -2.34. The molecule has 0 radical (unpaired) electrons. The highest BCUT2D eigenvalue weighted by Crippen LogP contribution is 2.34. The minimum Gasteiger partial charge on any atom is -0.367 e. The maximum Gasteiger partial charge on any atom is 0.297 e. The van der Waals surface area contributed by atoms with Crippen LogP contribution < -0.4 is 10.9 Å². The van der Waals surface area contributed by atoms with Crippen molar-refractivity contribution in [3.05, 3.63) is 38.9 Å². The standard InChI is InChI=1S/C16H17F2N5OS/c1-10-8-25-15(20-10)14-22-12(7-13(24)23(14)9-19-2)21-11-3-5-16(17,18)6-4-11/h7-8,11,21H,3-6,9H2,1H3. The van der Waals surface area contributed by atoms with Gasteiger partial charge >= 0.3 is 0 Å². The minimum atomic E-state index is -2.60. The lowest BCUT2D eigenvalue weighted by Crippen LogP contribution is -2.33. The first kappa shape index (κ1) is 17.5. The molecule has 6 nitrogen and oxygen atoms in total. The Bertz CT molecular complexity index is 860. The summed E-state index contributed by atoms with van der Waals surface area (Å²) >= 11 is 1.34. The average molecular weight is 365 g/mol. The maximum absolute atomic E-state index is 13.3. The van der Waals surface area contributed by atoms with E-state index in [0.717, 1.165) is 5.69 Å². The van der Waals surface area contributed by atoms with Crippen LogP contribution in [0.3, 0.4) is 0 Å². The van der Waals surface area contributed by atoms with Crippen molar-refractivity contribution in [1.29, 1.82) is 0 Å². The first-order valence-electron chi connectivity index (χ1n) is 7.90. The molecule has 0 saturated heterocycles. The minimum absolute atomic E-state index is 0.143. The fourth-order valence-corrected chi connectivity index (χ4v) is 3.59. The summed E-state index contributed by atoms with van der Waals surface area (Å²) in [6.45, 7) is 8.72. The van der Waals surface area contributed by atoms with Crippen molar-refractivity contribution in [3.8, 4) is 10.8 Å². The highest BCUT2D eigenvalue weighted by molar-refractivity contribution is 7.13. The van der Waals surface area contributed by atoms with Gasteiger partial charge in [0, 0.05) is 36.0 Å². The molecule has 0 aromatic carbocycles. The molecule has 0 atom stereocenters. The van der Waals surface area contributed by atoms with Gasteiger partial charge in [0.15, 0.2) is 10.8 Å². The second-order valence-electron chi connectivity index (χ2n) is 6.10. The number of rotatable bonds is 4. The average Bonchev–Trinajstić information content (AvgIpc) is 2.98. The van der Waals surface area contributed by atoms with Crippen molar-refractivity contribution in [2.24, 2.45) is 0 Å². The van der Waals surface area contributed by atoms with E-state index in [4.69, 9.17) is 6.57 Å². The summed E-state index contributed by atoms with van der Waals surface area (Å²) in [5.74, 6) is -1.94. The summed E-state index contributed by atoms with van der Waals surface area (Å²) in [5.41, 5.74) is 0.439. The lowest BCUT2D eigenvalue weighted by molar-refractivity contribution is -0.0361. The maximum atomic E-state index is 13.3. The molecule has 1 N–H and O–H groups in total. The number of aryl methyl sites for hydroxylation is 1. The summed E-state index contributed by atoms with van der Waals surface area (Å²) in [4.78, 5) is 24.4. The summed E-state index contributed by atoms with van der Waals surface area (Å²) in [6.07, 6.45) is 0.312. The molecule has 0 aliphatic heterocycles. The first-order chi connectivity index (χ1) is 11.9. The molecule has 0 bridgehead atoms. The van der Waals surface area contributed by atoms with Crippen molar-refractivity contribution in [3.63, 3.8) is 0 Å². The monoisotopic (exact) mass is 365 g/mol. The fourth-order valence-electron chi connectivity index (χ4n) is 2.80. The van der Waals surface area contributed by atoms with E-state index in [0.29, 0.717) is 29.5 Å². The van der Waals surface area contributed by atoms with Gasteiger partial charge in [0.1, 0.15) is 5.82 Å². The first-order valence-corrected chi connectivity index (χ1v) is 8.78. The van der Waals surface area contributed by atoms with Crippen molar-refractivity contribution in [1.82, 2.24) is 14.5 Å². The van der Waals surface area contributed by atoms with Crippen molar-refractivity contribution in [2.75, 3.05) is 5.32 Å². The molecule has 1 saturated carbocycles. The molecule has 3 rings (SSSR count). The Morgan fingerprint density at radius 2 is 2.16 bits per heavy atom. The topological polar surface area (TPSA) is 64.2 Å². The third-order valence-corrected chi connectivity index (χ3v) is 5.06. The Labute approximate surface area is 147 Å². The second-order valence-corrected chi connectivity index (χ2v) is 6.96. The number of anilines is 1. The van der Waals surface area contributed by atoms with Crippen LogP contribution in [0.25, 0.3) is 15.7 Å². The van der Waals surface area contributed by atoms with E-state index in [-0.39, 0.29) is 31.1 Å². The smallest absolute Gasteiger partial charge is 0.297 e. The Kier molecular flexibility index (Phi) is 4.81. The molecule has 0 spiro atoms. The van der Waals surface area contributed by atoms with E-state index in [1.807, 2.05) is 12.3 Å². The van der Waals surface area contributed by atoms with E-state index in [1.165, 1.54) is 22.0 Å². The Morgan fingerprint density at radius 3 is 2.76 bits per heavy atom. The van der Waals surface area contributed by atoms with E-state index in [2.05, 4.69) is 20.1 Å². The molecule has 2 heterocycles. The van der Waals surface area contributed by atoms with Gasteiger partial charge in [0.25, 0.3) is 12.2 Å². The zero-order valence-corrected chi connectivity index (χ0v) is 14.4. The van der Waals surface area contributed by atoms with Crippen molar-refractivity contribution < 1.29 is 8.78 Å². The highest BCUT2D eigenvalue weighted by Gasteiger charge is 2.35. The van der Waals surface area contributed by atoms with E-state index in [9.17, 15) is 13.6 Å². The van der Waals surface area contributed by atoms with Crippen LogP contribution >= 0.6 is 11.3 Å². The van der Waals surface area contributed by atoms with Crippen LogP contribution in [0, 0.1) is 13.5 Å². The van der Waals surface area contributed by atoms with Gasteiger partial charge in [0.2, 0.25) is 5.92 Å². The van der Waals surface area contributed by atoms with Crippen molar-refractivity contribution >= 4 is 17.2 Å². The number of hydrogen-bond donors (Lipinski definition) is 1. The molecule has 132 valence electrons. The lowest BCUT2D eigenvalue weighted by atomic mass is 9.92. The zero-order valence-electron chi connectivity index (χ0n) is 13.6. The van der Waals surface area contributed by atoms with E-state index >= 15 is 0 Å². The molecule has 0 amide bonds. The zero-order chi connectivity index (χ0) is 18.0. The molecule has 2 aromatic heterocycles. The number of hydrogen-bond acceptors (Lipinski definition) is 5. The second kappa shape index (κ2) is 6.88. The normalized spacial score (nSPS) is 17.2. The molecule has 1 aliphatic rings. The van der Waals surface area contributed by atoms with Crippen LogP contribution in [0.2, 0.25) is 0 Å². The van der Waals surface area contributed by atoms with Crippen LogP contribution in [0.1, 0.15) is 31.4 Å². The van der Waals surface area contributed by atoms with E-state index < -0.39 is 5.92 Å². The van der Waals surface area contributed by atoms with Gasteiger partial charge < -0.3 is 5.32 Å². The van der Waals surface area contributed by atoms with Crippen LogP contribution in [-0.4, -0.2) is 26.5 Å². The third kappa shape index (κ3) is 4.02. The highest BCUT2D eigenvalue weighted by atomic mass is 32.1. The summed E-state index contributed by atoms with van der Waals surface area (Å²) in [5, 5.41) is 5.48. The van der Waals surface area contributed by atoms with Gasteiger partial charge in [-0.25, -0.2) is 29.9 Å². The van der Waals surface area contributed by atoms with Gasteiger partial charge in [0.05, 0.1) is 0 Å². The molecule has 2 aromatic rings. The summed E-state index contributed by atoms with van der Waals surface area (Å²) in [7, 11) is 0. The van der Waals surface area contributed by atoms with Crippen molar-refractivity contribution in [2.45, 2.75) is 51.2 Å². The SMILES string of the molecule is [C-]#[N+]Cn1c(-c2nc(C)cs2)nc(NC2CCC(F)(F)CC2)cc1=O. The Morgan fingerprint density at radius 1 is 1.44 bits per heavy atom. The predicted octanol–water partition coefficient (Wildman–Crippen LogP) is 3.54. The number of thiazole rings is 1. The predicted molar refractivity (Wildman–Crippen MR) is 91.8 cm³/mol. The molecule has 25 heavy (non-hydrogen) atoms. The number of nitrogens with one attached hydrogen (secondary N) is 1. The molecular formula is C16H17F2N5OS. The van der Waals surface area contributed by atoms with Gasteiger partial charge in [-0.1, -0.05) is 0 Å². The van der Waals surface area contributed by atoms with Crippen LogP contribution in [0.15, 0.2) is 16.2 Å². The lowest BCUT2D eigenvalue weighted by Gasteiger charge is -2.29. The fraction of sp³-hybridized carbons (Fsp3) is 0.500. The molecule has 1 aliphatic carbocycles. The third-order valence-electron chi connectivity index (χ3n) is 4.10. The molecule has 9 heteroatoms. The quantitative estimate of drug-likeness (QED) is 0.842. The molecule has 1 fully saturated rings. The Balaban J connectivity index is 1.90. The van der Waals surface area contributed by atoms with Gasteiger partial charge in [-0.15, -0.1) is 11.3 Å². The van der Waals surface area contributed by atoms with Crippen LogP contribution in [0.5, 0.6) is 0 Å². The summed E-state index contributed by atoms with van der Waals surface area (Å²) < 4.78 is 27.8. The summed E-state index contributed by atoms with van der Waals surface area (Å²) in [6, 6.07) is 1.16. The molecule has 0 unspecified atom stereocenters. The van der Waals surface area contributed by atoms with Gasteiger partial charge in [-0.05, 0) is 19.8 Å². The van der Waals surface area contributed by atoms with Gasteiger partial charge in [-0.2, -0.15) is 0 Å². The number of aromatic nitrogens is 3. The largest absolute Gasteiger partial charge is 0.367 e. The van der Waals surface area contributed by atoms with Crippen LogP contribution in [0.4, 0.5) is 14.6 Å². The molecular weight excluding hydrogens is 348 g/mol. The van der Waals surface area contributed by atoms with Gasteiger partial charge in [-0.3, -0.25) is 9.64 Å².